The Bertz CT molecular complexity index is 621. The molecule has 1 aromatic carbocycles. The summed E-state index contributed by atoms with van der Waals surface area (Å²) in [5.41, 5.74) is 1.97. The number of anilines is 1. The predicted octanol–water partition coefficient (Wildman–Crippen LogP) is 4.82. The van der Waals surface area contributed by atoms with Gasteiger partial charge in [-0.25, -0.2) is 4.98 Å². The van der Waals surface area contributed by atoms with E-state index in [2.05, 4.69) is 44.9 Å². The van der Waals surface area contributed by atoms with Crippen LogP contribution >= 0.6 is 11.3 Å². The van der Waals surface area contributed by atoms with Gasteiger partial charge in [0, 0.05) is 16.6 Å². The van der Waals surface area contributed by atoms with E-state index in [-0.39, 0.29) is 11.3 Å². The van der Waals surface area contributed by atoms with Gasteiger partial charge in [-0.1, -0.05) is 46.8 Å². The van der Waals surface area contributed by atoms with Gasteiger partial charge in [0.1, 0.15) is 0 Å². The lowest BCUT2D eigenvalue weighted by atomic mass is 9.87. The van der Waals surface area contributed by atoms with Gasteiger partial charge in [-0.3, -0.25) is 10.1 Å². The molecule has 0 saturated heterocycles. The lowest BCUT2D eigenvalue weighted by molar-refractivity contribution is 0.102. The van der Waals surface area contributed by atoms with Crippen molar-refractivity contribution < 1.29 is 4.79 Å². The number of aromatic nitrogens is 1. The fraction of sp³-hybridized carbons (Fsp3) is 0.412. The molecule has 0 saturated carbocycles. The zero-order valence-electron chi connectivity index (χ0n) is 13.2. The summed E-state index contributed by atoms with van der Waals surface area (Å²) in [6.45, 7) is 10.7. The minimum atomic E-state index is -0.111. The number of thiazole rings is 1. The number of amides is 1. The number of hydrogen-bond acceptors (Lipinski definition) is 3. The molecule has 1 aromatic heterocycles. The van der Waals surface area contributed by atoms with Crippen LogP contribution in [0.3, 0.4) is 0 Å². The van der Waals surface area contributed by atoms with Crippen molar-refractivity contribution in [2.24, 2.45) is 0 Å². The Balaban J connectivity index is 2.09. The van der Waals surface area contributed by atoms with E-state index in [0.717, 1.165) is 0 Å². The number of carbonyl (C=O) groups is 1. The molecule has 1 N–H and O–H groups in total. The maximum atomic E-state index is 12.2. The maximum absolute atomic E-state index is 12.2. The smallest absolute Gasteiger partial charge is 0.257 e. The Hall–Kier alpha value is -1.68. The van der Waals surface area contributed by atoms with Gasteiger partial charge in [-0.15, -0.1) is 11.3 Å². The minimum Gasteiger partial charge on any atom is -0.298 e. The Morgan fingerprint density at radius 3 is 2.29 bits per heavy atom. The van der Waals surface area contributed by atoms with E-state index in [9.17, 15) is 4.79 Å². The van der Waals surface area contributed by atoms with E-state index < -0.39 is 0 Å². The largest absolute Gasteiger partial charge is 0.298 e. The maximum Gasteiger partial charge on any atom is 0.257 e. The third kappa shape index (κ3) is 3.91. The summed E-state index contributed by atoms with van der Waals surface area (Å²) < 4.78 is 0. The molecule has 4 heteroatoms. The zero-order valence-corrected chi connectivity index (χ0v) is 14.0. The van der Waals surface area contributed by atoms with Gasteiger partial charge in [-0.2, -0.15) is 0 Å². The third-order valence-electron chi connectivity index (χ3n) is 3.33. The summed E-state index contributed by atoms with van der Waals surface area (Å²) in [7, 11) is 0. The highest BCUT2D eigenvalue weighted by molar-refractivity contribution is 7.15. The topological polar surface area (TPSA) is 42.0 Å². The van der Waals surface area contributed by atoms with E-state index in [1.807, 2.05) is 30.5 Å². The number of carbonyl (C=O) groups excluding carboxylic acids is 1. The van der Waals surface area contributed by atoms with Crippen LogP contribution in [-0.4, -0.2) is 10.9 Å². The Morgan fingerprint density at radius 1 is 1.19 bits per heavy atom. The highest BCUT2D eigenvalue weighted by atomic mass is 32.1. The molecule has 0 aliphatic carbocycles. The lowest BCUT2D eigenvalue weighted by Crippen LogP contribution is -2.14. The molecule has 2 aromatic rings. The fourth-order valence-corrected chi connectivity index (χ4v) is 2.72. The van der Waals surface area contributed by atoms with Crippen LogP contribution in [0.4, 0.5) is 5.13 Å². The van der Waals surface area contributed by atoms with Crippen LogP contribution in [0.5, 0.6) is 0 Å². The minimum absolute atomic E-state index is 0.0937. The van der Waals surface area contributed by atoms with Gasteiger partial charge < -0.3 is 0 Å². The SMILES string of the molecule is CC(C)c1cnc(NC(=O)c2ccc(C(C)(C)C)cc2)s1. The zero-order chi connectivity index (χ0) is 15.6. The monoisotopic (exact) mass is 302 g/mol. The van der Waals surface area contributed by atoms with Crippen molar-refractivity contribution in [1.82, 2.24) is 4.98 Å². The van der Waals surface area contributed by atoms with Crippen LogP contribution in [0.1, 0.15) is 61.3 Å². The Kier molecular flexibility index (Phi) is 4.47. The number of nitrogens with one attached hydrogen (secondary N) is 1. The molecule has 112 valence electrons. The van der Waals surface area contributed by atoms with E-state index in [1.165, 1.54) is 21.8 Å². The first-order valence-electron chi connectivity index (χ1n) is 7.15. The van der Waals surface area contributed by atoms with Gasteiger partial charge in [0.25, 0.3) is 5.91 Å². The van der Waals surface area contributed by atoms with Gasteiger partial charge in [0.05, 0.1) is 0 Å². The molecule has 0 aliphatic rings. The second kappa shape index (κ2) is 5.98. The van der Waals surface area contributed by atoms with Crippen LogP contribution in [-0.2, 0) is 5.41 Å². The summed E-state index contributed by atoms with van der Waals surface area (Å²) in [6.07, 6.45) is 1.83. The number of rotatable bonds is 3. The number of nitrogens with zero attached hydrogens (tertiary/aromatic N) is 1. The summed E-state index contributed by atoms with van der Waals surface area (Å²) in [4.78, 5) is 17.6. The van der Waals surface area contributed by atoms with Crippen LogP contribution in [0.15, 0.2) is 30.5 Å². The van der Waals surface area contributed by atoms with Crippen LogP contribution in [0, 0.1) is 0 Å². The molecular formula is C17H22N2OS. The van der Waals surface area contributed by atoms with E-state index in [0.29, 0.717) is 16.6 Å². The highest BCUT2D eigenvalue weighted by Crippen LogP contribution is 2.26. The van der Waals surface area contributed by atoms with Gasteiger partial charge in [0.15, 0.2) is 5.13 Å². The summed E-state index contributed by atoms with van der Waals surface area (Å²) in [5.74, 6) is 0.319. The van der Waals surface area contributed by atoms with Gasteiger partial charge in [0.2, 0.25) is 0 Å². The van der Waals surface area contributed by atoms with E-state index in [1.54, 1.807) is 0 Å². The van der Waals surface area contributed by atoms with Crippen LogP contribution in [0.25, 0.3) is 0 Å². The Labute approximate surface area is 130 Å². The molecule has 0 unspecified atom stereocenters. The van der Waals surface area contributed by atoms with E-state index >= 15 is 0 Å². The van der Waals surface area contributed by atoms with Crippen LogP contribution < -0.4 is 5.32 Å². The number of benzene rings is 1. The quantitative estimate of drug-likeness (QED) is 0.883. The molecule has 3 nitrogen and oxygen atoms in total. The first-order valence-corrected chi connectivity index (χ1v) is 7.96. The van der Waals surface area contributed by atoms with Crippen molar-refractivity contribution in [1.29, 1.82) is 0 Å². The molecule has 0 bridgehead atoms. The first kappa shape index (κ1) is 15.7. The molecular weight excluding hydrogens is 280 g/mol. The average Bonchev–Trinajstić information content (AvgIpc) is 2.86. The van der Waals surface area contributed by atoms with Gasteiger partial charge in [-0.05, 0) is 29.0 Å². The van der Waals surface area contributed by atoms with Gasteiger partial charge >= 0.3 is 0 Å². The molecule has 0 atom stereocenters. The molecule has 21 heavy (non-hydrogen) atoms. The molecule has 1 amide bonds. The normalized spacial score (nSPS) is 11.7. The molecule has 0 aliphatic heterocycles. The molecule has 0 radical (unpaired) electrons. The predicted molar refractivity (Wildman–Crippen MR) is 89.3 cm³/mol. The second-order valence-corrected chi connectivity index (χ2v) is 7.57. The molecule has 2 rings (SSSR count). The van der Waals surface area contributed by atoms with Crippen molar-refractivity contribution in [2.75, 3.05) is 5.32 Å². The molecule has 0 fully saturated rings. The van der Waals surface area contributed by atoms with Crippen molar-refractivity contribution in [2.45, 2.75) is 46.0 Å². The van der Waals surface area contributed by atoms with E-state index in [4.69, 9.17) is 0 Å². The van der Waals surface area contributed by atoms with Crippen molar-refractivity contribution in [3.63, 3.8) is 0 Å². The average molecular weight is 302 g/mol. The standard InChI is InChI=1S/C17H22N2OS/c1-11(2)14-10-18-16(21-14)19-15(20)12-6-8-13(9-7-12)17(3,4)5/h6-11H,1-5H3,(H,18,19,20). The fourth-order valence-electron chi connectivity index (χ4n) is 1.90. The lowest BCUT2D eigenvalue weighted by Gasteiger charge is -2.18. The Morgan fingerprint density at radius 2 is 1.81 bits per heavy atom. The molecule has 1 heterocycles. The summed E-state index contributed by atoms with van der Waals surface area (Å²) in [5, 5.41) is 3.52. The third-order valence-corrected chi connectivity index (χ3v) is 4.54. The second-order valence-electron chi connectivity index (χ2n) is 6.50. The highest BCUT2D eigenvalue weighted by Gasteiger charge is 2.15. The van der Waals surface area contributed by atoms with Crippen molar-refractivity contribution >= 4 is 22.4 Å². The van der Waals surface area contributed by atoms with Crippen LogP contribution in [0.2, 0.25) is 0 Å². The first-order chi connectivity index (χ1) is 9.77. The summed E-state index contributed by atoms with van der Waals surface area (Å²) >= 11 is 1.53. The molecule has 0 spiro atoms. The van der Waals surface area contributed by atoms with Crippen molar-refractivity contribution in [3.8, 4) is 0 Å². The summed E-state index contributed by atoms with van der Waals surface area (Å²) in [6, 6.07) is 7.76. The van der Waals surface area contributed by atoms with Crippen molar-refractivity contribution in [3.05, 3.63) is 46.5 Å². The number of hydrogen-bond donors (Lipinski definition) is 1.